The highest BCUT2D eigenvalue weighted by Crippen LogP contribution is 2.28. The van der Waals surface area contributed by atoms with Crippen LogP contribution in [0.15, 0.2) is 30.3 Å². The van der Waals surface area contributed by atoms with Gasteiger partial charge in [-0.2, -0.15) is 0 Å². The van der Waals surface area contributed by atoms with Crippen LogP contribution in [0, 0.1) is 0 Å². The highest BCUT2D eigenvalue weighted by atomic mass is 16.6. The second-order valence-corrected chi connectivity index (χ2v) is 5.68. The molecule has 0 atom stereocenters. The Labute approximate surface area is 135 Å². The predicted molar refractivity (Wildman–Crippen MR) is 83.9 cm³/mol. The third-order valence-corrected chi connectivity index (χ3v) is 3.83. The summed E-state index contributed by atoms with van der Waals surface area (Å²) in [5.74, 6) is -0.380. The van der Waals surface area contributed by atoms with Gasteiger partial charge in [0.2, 0.25) is 0 Å². The van der Waals surface area contributed by atoms with E-state index < -0.39 is 17.5 Å². The molecule has 0 heterocycles. The second-order valence-electron chi connectivity index (χ2n) is 5.68. The molecular formula is C17H23NO5. The van der Waals surface area contributed by atoms with Gasteiger partial charge in [-0.05, 0) is 37.8 Å². The van der Waals surface area contributed by atoms with Crippen molar-refractivity contribution in [3.63, 3.8) is 0 Å². The molecule has 0 spiro atoms. The highest BCUT2D eigenvalue weighted by molar-refractivity contribution is 5.84. The number of rotatable bonds is 7. The lowest BCUT2D eigenvalue weighted by molar-refractivity contribution is -0.170. The Bertz CT molecular complexity index is 511. The first-order valence-electron chi connectivity index (χ1n) is 7.94. The summed E-state index contributed by atoms with van der Waals surface area (Å²) >= 11 is 0. The maximum atomic E-state index is 11.9. The van der Waals surface area contributed by atoms with Gasteiger partial charge in [-0.3, -0.25) is 4.79 Å². The van der Waals surface area contributed by atoms with E-state index in [1.807, 2.05) is 30.3 Å². The Morgan fingerprint density at radius 1 is 1.13 bits per heavy atom. The summed E-state index contributed by atoms with van der Waals surface area (Å²) in [6.07, 6.45) is 3.41. The van der Waals surface area contributed by atoms with E-state index in [-0.39, 0.29) is 6.61 Å². The second kappa shape index (κ2) is 8.53. The Morgan fingerprint density at radius 3 is 2.52 bits per heavy atom. The van der Waals surface area contributed by atoms with Gasteiger partial charge in [-0.1, -0.05) is 24.6 Å². The number of aliphatic hydroxyl groups is 1. The predicted octanol–water partition coefficient (Wildman–Crippen LogP) is 1.42. The van der Waals surface area contributed by atoms with Crippen molar-refractivity contribution in [3.8, 4) is 5.75 Å². The fraction of sp³-hybridized carbons (Fsp3) is 0.529. The van der Waals surface area contributed by atoms with Crippen LogP contribution < -0.4 is 10.1 Å². The molecule has 0 bridgehead atoms. The van der Waals surface area contributed by atoms with Crippen molar-refractivity contribution in [1.29, 1.82) is 0 Å². The monoisotopic (exact) mass is 321 g/mol. The summed E-state index contributed by atoms with van der Waals surface area (Å²) in [7, 11) is 0. The molecule has 0 aromatic heterocycles. The van der Waals surface area contributed by atoms with Gasteiger partial charge in [0.05, 0.1) is 6.54 Å². The number of para-hydroxylation sites is 1. The van der Waals surface area contributed by atoms with Crippen molar-refractivity contribution in [1.82, 2.24) is 5.32 Å². The summed E-state index contributed by atoms with van der Waals surface area (Å²) in [6.45, 7) is 0.260. The lowest BCUT2D eigenvalue weighted by atomic mass is 9.85. The Kier molecular flexibility index (Phi) is 6.40. The highest BCUT2D eigenvalue weighted by Gasteiger charge is 2.38. The zero-order chi connectivity index (χ0) is 16.5. The van der Waals surface area contributed by atoms with E-state index in [9.17, 15) is 14.7 Å². The van der Waals surface area contributed by atoms with Crippen LogP contribution in [0.25, 0.3) is 0 Å². The van der Waals surface area contributed by atoms with Gasteiger partial charge in [-0.25, -0.2) is 4.79 Å². The van der Waals surface area contributed by atoms with Gasteiger partial charge in [0, 0.05) is 0 Å². The molecule has 1 amide bonds. The first-order chi connectivity index (χ1) is 11.1. The minimum absolute atomic E-state index is 0.315. The van der Waals surface area contributed by atoms with Crippen LogP contribution in [0.5, 0.6) is 5.75 Å². The molecule has 1 aromatic rings. The smallest absolute Gasteiger partial charge is 0.338 e. The number of amides is 1. The van der Waals surface area contributed by atoms with Gasteiger partial charge >= 0.3 is 5.97 Å². The molecule has 6 nitrogen and oxygen atoms in total. The van der Waals surface area contributed by atoms with E-state index in [1.54, 1.807) is 0 Å². The molecule has 1 fully saturated rings. The molecule has 0 unspecified atom stereocenters. The fourth-order valence-corrected chi connectivity index (χ4v) is 2.53. The summed E-state index contributed by atoms with van der Waals surface area (Å²) in [5, 5.41) is 12.8. The Hall–Kier alpha value is -2.08. The van der Waals surface area contributed by atoms with Crippen LogP contribution in [-0.2, 0) is 14.3 Å². The maximum Gasteiger partial charge on any atom is 0.338 e. The minimum Gasteiger partial charge on any atom is -0.492 e. The average molecular weight is 321 g/mol. The number of carbonyl (C=O) groups excluding carboxylic acids is 2. The van der Waals surface area contributed by atoms with Crippen LogP contribution in [0.4, 0.5) is 0 Å². The van der Waals surface area contributed by atoms with E-state index in [4.69, 9.17) is 9.47 Å². The van der Waals surface area contributed by atoms with Crippen LogP contribution in [0.2, 0.25) is 0 Å². The Balaban J connectivity index is 1.60. The topological polar surface area (TPSA) is 84.9 Å². The zero-order valence-electron chi connectivity index (χ0n) is 13.1. The molecule has 0 saturated heterocycles. The van der Waals surface area contributed by atoms with Gasteiger partial charge < -0.3 is 19.9 Å². The van der Waals surface area contributed by atoms with Crippen molar-refractivity contribution < 1.29 is 24.2 Å². The molecule has 1 saturated carbocycles. The van der Waals surface area contributed by atoms with Crippen molar-refractivity contribution in [2.45, 2.75) is 37.7 Å². The summed E-state index contributed by atoms with van der Waals surface area (Å²) in [4.78, 5) is 23.5. The third-order valence-electron chi connectivity index (χ3n) is 3.83. The fourth-order valence-electron chi connectivity index (χ4n) is 2.53. The number of ether oxygens (including phenoxy) is 2. The number of nitrogens with one attached hydrogen (secondary N) is 1. The quantitative estimate of drug-likeness (QED) is 0.586. The molecule has 0 radical (unpaired) electrons. The number of hydrogen-bond acceptors (Lipinski definition) is 5. The largest absolute Gasteiger partial charge is 0.492 e. The first kappa shape index (κ1) is 17.3. The van der Waals surface area contributed by atoms with Crippen molar-refractivity contribution in [2.24, 2.45) is 0 Å². The van der Waals surface area contributed by atoms with Gasteiger partial charge in [0.25, 0.3) is 5.91 Å². The molecule has 0 aliphatic heterocycles. The normalized spacial score (nSPS) is 16.4. The standard InChI is InChI=1S/C17H23NO5/c19-15(18-11-12-22-14-7-3-1-4-8-14)13-23-16(20)17(21)9-5-2-6-10-17/h1,3-4,7-8,21H,2,5-6,9-13H2,(H,18,19). The third kappa shape index (κ3) is 5.56. The van der Waals surface area contributed by atoms with E-state index >= 15 is 0 Å². The van der Waals surface area contributed by atoms with Crippen molar-refractivity contribution in [2.75, 3.05) is 19.8 Å². The van der Waals surface area contributed by atoms with E-state index in [2.05, 4.69) is 5.32 Å². The molecule has 1 aromatic carbocycles. The first-order valence-corrected chi connectivity index (χ1v) is 7.94. The maximum absolute atomic E-state index is 11.9. The lowest BCUT2D eigenvalue weighted by Crippen LogP contribution is -2.43. The van der Waals surface area contributed by atoms with Crippen molar-refractivity contribution in [3.05, 3.63) is 30.3 Å². The van der Waals surface area contributed by atoms with E-state index in [0.717, 1.165) is 25.0 Å². The minimum atomic E-state index is -1.42. The summed E-state index contributed by atoms with van der Waals surface area (Å²) in [6, 6.07) is 9.28. The van der Waals surface area contributed by atoms with Gasteiger partial charge in [0.15, 0.2) is 12.2 Å². The molecule has 2 rings (SSSR count). The lowest BCUT2D eigenvalue weighted by Gasteiger charge is -2.29. The average Bonchev–Trinajstić information content (AvgIpc) is 2.58. The van der Waals surface area contributed by atoms with Crippen LogP contribution in [0.1, 0.15) is 32.1 Å². The SMILES string of the molecule is O=C(COC(=O)C1(O)CCCCC1)NCCOc1ccccc1. The molecule has 126 valence electrons. The van der Waals surface area contributed by atoms with E-state index in [1.165, 1.54) is 0 Å². The molecule has 6 heteroatoms. The molecule has 1 aliphatic carbocycles. The van der Waals surface area contributed by atoms with Crippen LogP contribution >= 0.6 is 0 Å². The van der Waals surface area contributed by atoms with Crippen LogP contribution in [0.3, 0.4) is 0 Å². The van der Waals surface area contributed by atoms with Crippen molar-refractivity contribution >= 4 is 11.9 Å². The van der Waals surface area contributed by atoms with Crippen LogP contribution in [-0.4, -0.2) is 42.3 Å². The van der Waals surface area contributed by atoms with Gasteiger partial charge in [0.1, 0.15) is 12.4 Å². The molecule has 23 heavy (non-hydrogen) atoms. The summed E-state index contributed by atoms with van der Waals surface area (Å²) < 4.78 is 10.4. The number of esters is 1. The Morgan fingerprint density at radius 2 is 1.83 bits per heavy atom. The molecule has 1 aliphatic rings. The number of carbonyl (C=O) groups is 2. The molecule has 2 N–H and O–H groups in total. The van der Waals surface area contributed by atoms with Gasteiger partial charge in [-0.15, -0.1) is 0 Å². The van der Waals surface area contributed by atoms with E-state index in [0.29, 0.717) is 26.0 Å². The molecular weight excluding hydrogens is 298 g/mol. The number of benzene rings is 1. The number of hydrogen-bond donors (Lipinski definition) is 2. The summed E-state index contributed by atoms with van der Waals surface area (Å²) in [5.41, 5.74) is -1.42. The zero-order valence-corrected chi connectivity index (χ0v) is 13.1.